The second-order valence-corrected chi connectivity index (χ2v) is 11.0. The van der Waals surface area contributed by atoms with E-state index in [1.54, 1.807) is 7.11 Å². The number of nitrogens with zero attached hydrogens (tertiary/aromatic N) is 2. The number of aliphatic carboxylic acids is 1. The molecule has 0 bridgehead atoms. The number of fused-ring (bicyclic) bond motifs is 1. The van der Waals surface area contributed by atoms with Crippen LogP contribution in [0.4, 0.5) is 8.78 Å². The molecular weight excluding hydrogens is 508 g/mol. The van der Waals surface area contributed by atoms with Crippen LogP contribution in [0.5, 0.6) is 5.75 Å². The number of rotatable bonds is 12. The summed E-state index contributed by atoms with van der Waals surface area (Å²) in [5, 5.41) is 14.1. The van der Waals surface area contributed by atoms with Crippen LogP contribution in [-0.4, -0.2) is 60.5 Å². The van der Waals surface area contributed by atoms with Gasteiger partial charge in [0, 0.05) is 47.8 Å². The molecule has 4 rings (SSSR count). The highest BCUT2D eigenvalue weighted by atomic mass is 32.2. The molecule has 204 valence electrons. The Bertz CT molecular complexity index is 1240. The number of pyridine rings is 1. The van der Waals surface area contributed by atoms with Crippen molar-refractivity contribution in [3.05, 3.63) is 65.9 Å². The molecule has 0 aliphatic carbocycles. The molecule has 1 fully saturated rings. The van der Waals surface area contributed by atoms with E-state index < -0.39 is 17.6 Å². The minimum Gasteiger partial charge on any atom is -0.497 e. The summed E-state index contributed by atoms with van der Waals surface area (Å²) in [5.41, 5.74) is 2.07. The summed E-state index contributed by atoms with van der Waals surface area (Å²) in [5.74, 6) is 0.0985. The van der Waals surface area contributed by atoms with Crippen molar-refractivity contribution in [1.29, 1.82) is 0 Å². The van der Waals surface area contributed by atoms with Gasteiger partial charge in [0.1, 0.15) is 17.4 Å². The number of halogens is 2. The molecule has 1 aliphatic rings. The zero-order valence-electron chi connectivity index (χ0n) is 21.8. The first-order valence-corrected chi connectivity index (χ1v) is 14.0. The van der Waals surface area contributed by atoms with Crippen LogP contribution in [0.1, 0.15) is 37.3 Å². The predicted octanol–water partition coefficient (Wildman–Crippen LogP) is 5.77. The van der Waals surface area contributed by atoms with Gasteiger partial charge in [-0.05, 0) is 92.7 Å². The van der Waals surface area contributed by atoms with E-state index in [-0.39, 0.29) is 18.4 Å². The highest BCUT2D eigenvalue weighted by molar-refractivity contribution is 7.99. The van der Waals surface area contributed by atoms with Crippen LogP contribution in [0.2, 0.25) is 0 Å². The van der Waals surface area contributed by atoms with E-state index in [2.05, 4.69) is 15.2 Å². The molecule has 2 heterocycles. The van der Waals surface area contributed by atoms with Crippen molar-refractivity contribution in [1.82, 2.24) is 15.2 Å². The van der Waals surface area contributed by atoms with Gasteiger partial charge in [-0.2, -0.15) is 0 Å². The molecule has 1 saturated heterocycles. The number of nitrogens with one attached hydrogen (secondary N) is 1. The lowest BCUT2D eigenvalue weighted by Gasteiger charge is -2.38. The molecule has 6 nitrogen and oxygen atoms in total. The molecule has 0 amide bonds. The maximum Gasteiger partial charge on any atom is 0.303 e. The fourth-order valence-electron chi connectivity index (χ4n) is 5.48. The lowest BCUT2D eigenvalue weighted by atomic mass is 9.79. The number of likely N-dealkylation sites (tertiary alicyclic amines) is 1. The summed E-state index contributed by atoms with van der Waals surface area (Å²) in [6.07, 6.45) is 4.66. The summed E-state index contributed by atoms with van der Waals surface area (Å²) >= 11 is 1.29. The van der Waals surface area contributed by atoms with Gasteiger partial charge >= 0.3 is 5.97 Å². The van der Waals surface area contributed by atoms with Crippen LogP contribution in [0, 0.1) is 23.5 Å². The first kappa shape index (κ1) is 28.3. The zero-order valence-corrected chi connectivity index (χ0v) is 22.6. The Labute approximate surface area is 226 Å². The van der Waals surface area contributed by atoms with Crippen molar-refractivity contribution < 1.29 is 23.4 Å². The number of thioether (sulfide) groups is 1. The molecule has 38 heavy (non-hydrogen) atoms. The largest absolute Gasteiger partial charge is 0.497 e. The number of hydrogen-bond donors (Lipinski definition) is 2. The molecule has 3 aromatic rings. The highest BCUT2D eigenvalue weighted by Gasteiger charge is 2.31. The Hall–Kier alpha value is -2.75. The molecule has 0 radical (unpaired) electrons. The molecule has 0 spiro atoms. The number of carbonyl (C=O) groups is 1. The lowest BCUT2D eigenvalue weighted by molar-refractivity contribution is -0.139. The van der Waals surface area contributed by atoms with Gasteiger partial charge in [0.15, 0.2) is 0 Å². The summed E-state index contributed by atoms with van der Waals surface area (Å²) in [7, 11) is 3.60. The molecule has 2 N–H and O–H groups in total. The Balaban J connectivity index is 1.38. The fourth-order valence-corrected chi connectivity index (χ4v) is 6.45. The normalized spacial score (nSPS) is 18.9. The van der Waals surface area contributed by atoms with Gasteiger partial charge in [-0.25, -0.2) is 8.78 Å². The van der Waals surface area contributed by atoms with Crippen LogP contribution in [0.3, 0.4) is 0 Å². The summed E-state index contributed by atoms with van der Waals surface area (Å²) in [6.45, 7) is 2.27. The van der Waals surface area contributed by atoms with E-state index in [1.165, 1.54) is 17.8 Å². The Morgan fingerprint density at radius 2 is 2.08 bits per heavy atom. The summed E-state index contributed by atoms with van der Waals surface area (Å²) in [4.78, 5) is 18.7. The van der Waals surface area contributed by atoms with Crippen molar-refractivity contribution in [2.45, 2.75) is 36.6 Å². The summed E-state index contributed by atoms with van der Waals surface area (Å²) in [6, 6.07) is 11.5. The monoisotopic (exact) mass is 543 g/mol. The average Bonchev–Trinajstić information content (AvgIpc) is 2.91. The predicted molar refractivity (Wildman–Crippen MR) is 147 cm³/mol. The van der Waals surface area contributed by atoms with Crippen LogP contribution in [0.25, 0.3) is 10.9 Å². The maximum atomic E-state index is 13.9. The quantitative estimate of drug-likeness (QED) is 0.281. The minimum atomic E-state index is -0.782. The van der Waals surface area contributed by atoms with Crippen molar-refractivity contribution in [2.24, 2.45) is 11.8 Å². The first-order valence-electron chi connectivity index (χ1n) is 13.0. The number of carboxylic acid groups (broad SMARTS) is 1. The van der Waals surface area contributed by atoms with Gasteiger partial charge in [-0.3, -0.25) is 9.78 Å². The second kappa shape index (κ2) is 13.4. The maximum absolute atomic E-state index is 13.9. The van der Waals surface area contributed by atoms with Gasteiger partial charge in [-0.1, -0.05) is 0 Å². The number of hydrogen-bond acceptors (Lipinski definition) is 6. The summed E-state index contributed by atoms with van der Waals surface area (Å²) < 4.78 is 32.8. The van der Waals surface area contributed by atoms with E-state index >= 15 is 0 Å². The standard InChI is InChI=1S/C29H35F2N3O3S/c1-32-26(23-9-11-33-27-8-5-22(37-2)17-24(23)27)7-3-19-10-12-34(18-20(19)15-29(35)36)13-14-38-28-16-21(30)4-6-25(28)31/h4-6,8-9,11,16-17,19-20,26,32H,3,7,10,12-15,18H2,1-2H3,(H,35,36)/t19-,20+,26?/m1/s1. The van der Waals surface area contributed by atoms with Crippen LogP contribution >= 0.6 is 11.8 Å². The highest BCUT2D eigenvalue weighted by Crippen LogP contribution is 2.35. The lowest BCUT2D eigenvalue weighted by Crippen LogP contribution is -2.42. The number of aromatic nitrogens is 1. The minimum absolute atomic E-state index is 0.0453. The van der Waals surface area contributed by atoms with Gasteiger partial charge in [-0.15, -0.1) is 11.8 Å². The van der Waals surface area contributed by atoms with Crippen LogP contribution in [0.15, 0.2) is 53.6 Å². The Morgan fingerprint density at radius 3 is 2.84 bits per heavy atom. The van der Waals surface area contributed by atoms with Crippen molar-refractivity contribution >= 4 is 28.6 Å². The van der Waals surface area contributed by atoms with Gasteiger partial charge in [0.2, 0.25) is 0 Å². The van der Waals surface area contributed by atoms with Crippen molar-refractivity contribution in [3.8, 4) is 5.75 Å². The third-order valence-corrected chi connectivity index (χ3v) is 8.51. The zero-order chi connectivity index (χ0) is 27.1. The van der Waals surface area contributed by atoms with E-state index in [4.69, 9.17) is 4.74 Å². The second-order valence-electron chi connectivity index (χ2n) is 9.83. The Morgan fingerprint density at radius 1 is 1.24 bits per heavy atom. The van der Waals surface area contributed by atoms with Crippen molar-refractivity contribution in [2.75, 3.05) is 39.5 Å². The third kappa shape index (κ3) is 7.21. The van der Waals surface area contributed by atoms with E-state index in [0.29, 0.717) is 29.7 Å². The number of ether oxygens (including phenoxy) is 1. The molecule has 1 aliphatic heterocycles. The average molecular weight is 544 g/mol. The molecule has 1 unspecified atom stereocenters. The SMILES string of the molecule is CNC(CC[C@@H]1CCN(CCSc2cc(F)ccc2F)C[C@@H]1CC(=O)O)c1ccnc2ccc(OC)cc12. The van der Waals surface area contributed by atoms with Gasteiger partial charge in [0.05, 0.1) is 12.6 Å². The first-order chi connectivity index (χ1) is 18.4. The smallest absolute Gasteiger partial charge is 0.303 e. The number of piperidine rings is 1. The van der Waals surface area contributed by atoms with Crippen molar-refractivity contribution in [3.63, 3.8) is 0 Å². The molecule has 0 saturated carbocycles. The topological polar surface area (TPSA) is 74.7 Å². The van der Waals surface area contributed by atoms with Gasteiger partial charge < -0.3 is 20.1 Å². The van der Waals surface area contributed by atoms with E-state index in [9.17, 15) is 18.7 Å². The Kier molecular flexibility index (Phi) is 9.93. The van der Waals surface area contributed by atoms with E-state index in [1.807, 2.05) is 37.5 Å². The molecule has 3 atom stereocenters. The van der Waals surface area contributed by atoms with E-state index in [0.717, 1.165) is 60.2 Å². The number of carboxylic acids is 1. The molecule has 2 aromatic carbocycles. The number of benzene rings is 2. The fraction of sp³-hybridized carbons (Fsp3) is 0.448. The molecular formula is C29H35F2N3O3S. The third-order valence-electron chi connectivity index (χ3n) is 7.50. The molecule has 1 aromatic heterocycles. The van der Waals surface area contributed by atoms with Crippen LogP contribution in [-0.2, 0) is 4.79 Å². The molecule has 9 heteroatoms. The van der Waals surface area contributed by atoms with Gasteiger partial charge in [0.25, 0.3) is 0 Å². The van der Waals surface area contributed by atoms with Crippen LogP contribution < -0.4 is 10.1 Å². The number of methoxy groups -OCH3 is 1.